The second-order valence-electron chi connectivity index (χ2n) is 5.73. The molecule has 1 unspecified atom stereocenters. The lowest BCUT2D eigenvalue weighted by Gasteiger charge is -2.27. The number of esters is 1. The number of likely N-dealkylation sites (tertiary alicyclic amines) is 1. The standard InChI is InChI=1S/C16H20N2O5S/c19-14(17-6-8-22-9-7-17)11-23-16(21)12-3-1-5-18(12)15(20)13-4-2-10-24-13/h2,4,10,12H,1,3,5-9,11H2. The number of carbonyl (C=O) groups is 3. The van der Waals surface area contributed by atoms with E-state index in [0.29, 0.717) is 44.1 Å². The summed E-state index contributed by atoms with van der Waals surface area (Å²) < 4.78 is 10.4. The quantitative estimate of drug-likeness (QED) is 0.748. The SMILES string of the molecule is O=C(OCC(=O)N1CCOCC1)C1CCCN1C(=O)c1cccs1. The van der Waals surface area contributed by atoms with E-state index < -0.39 is 12.0 Å². The molecule has 0 saturated carbocycles. The lowest BCUT2D eigenvalue weighted by molar-refractivity contribution is -0.156. The van der Waals surface area contributed by atoms with Crippen LogP contribution < -0.4 is 0 Å². The Morgan fingerprint density at radius 1 is 1.25 bits per heavy atom. The van der Waals surface area contributed by atoms with E-state index in [-0.39, 0.29) is 18.4 Å². The van der Waals surface area contributed by atoms with Crippen LogP contribution in [0.4, 0.5) is 0 Å². The van der Waals surface area contributed by atoms with Crippen LogP contribution >= 0.6 is 11.3 Å². The minimum Gasteiger partial charge on any atom is -0.454 e. The number of amides is 2. The highest BCUT2D eigenvalue weighted by Gasteiger charge is 2.36. The maximum absolute atomic E-state index is 12.4. The molecule has 2 fully saturated rings. The molecular weight excluding hydrogens is 332 g/mol. The molecule has 7 nitrogen and oxygen atoms in total. The lowest BCUT2D eigenvalue weighted by atomic mass is 10.2. The summed E-state index contributed by atoms with van der Waals surface area (Å²) in [5, 5.41) is 1.83. The lowest BCUT2D eigenvalue weighted by Crippen LogP contribution is -2.45. The number of thiophene rings is 1. The van der Waals surface area contributed by atoms with Crippen molar-refractivity contribution in [2.24, 2.45) is 0 Å². The molecule has 1 aromatic heterocycles. The topological polar surface area (TPSA) is 76.2 Å². The second kappa shape index (κ2) is 7.76. The molecule has 2 aliphatic heterocycles. The first kappa shape index (κ1) is 16.9. The minimum atomic E-state index is -0.600. The third kappa shape index (κ3) is 3.76. The van der Waals surface area contributed by atoms with E-state index in [1.807, 2.05) is 11.4 Å². The summed E-state index contributed by atoms with van der Waals surface area (Å²) in [6.45, 7) is 2.30. The molecule has 0 spiro atoms. The number of hydrogen-bond acceptors (Lipinski definition) is 6. The zero-order valence-electron chi connectivity index (χ0n) is 13.3. The monoisotopic (exact) mass is 352 g/mol. The van der Waals surface area contributed by atoms with Crippen LogP contribution in [0.15, 0.2) is 17.5 Å². The van der Waals surface area contributed by atoms with Gasteiger partial charge in [0.05, 0.1) is 18.1 Å². The number of morpholine rings is 1. The van der Waals surface area contributed by atoms with Crippen LogP contribution in [0.5, 0.6) is 0 Å². The second-order valence-corrected chi connectivity index (χ2v) is 6.68. The van der Waals surface area contributed by atoms with Gasteiger partial charge < -0.3 is 19.3 Å². The van der Waals surface area contributed by atoms with Gasteiger partial charge in [-0.15, -0.1) is 11.3 Å². The molecule has 2 saturated heterocycles. The van der Waals surface area contributed by atoms with Gasteiger partial charge in [0.1, 0.15) is 6.04 Å². The van der Waals surface area contributed by atoms with E-state index in [9.17, 15) is 14.4 Å². The number of ether oxygens (including phenoxy) is 2. The molecule has 3 heterocycles. The average molecular weight is 352 g/mol. The molecule has 3 rings (SSSR count). The summed E-state index contributed by atoms with van der Waals surface area (Å²) in [6, 6.07) is 2.95. The van der Waals surface area contributed by atoms with Crippen LogP contribution in [-0.4, -0.2) is 73.1 Å². The van der Waals surface area contributed by atoms with Gasteiger partial charge in [0.15, 0.2) is 6.61 Å². The van der Waals surface area contributed by atoms with Gasteiger partial charge in [0, 0.05) is 19.6 Å². The minimum absolute atomic E-state index is 0.149. The molecule has 0 aliphatic carbocycles. The van der Waals surface area contributed by atoms with Crippen LogP contribution in [-0.2, 0) is 19.1 Å². The summed E-state index contributed by atoms with van der Waals surface area (Å²) in [7, 11) is 0. The summed E-state index contributed by atoms with van der Waals surface area (Å²) in [4.78, 5) is 40.6. The first-order valence-electron chi connectivity index (χ1n) is 8.03. The van der Waals surface area contributed by atoms with Gasteiger partial charge in [-0.2, -0.15) is 0 Å². The van der Waals surface area contributed by atoms with Gasteiger partial charge in [-0.25, -0.2) is 4.79 Å². The molecule has 24 heavy (non-hydrogen) atoms. The molecule has 1 aromatic rings. The third-order valence-corrected chi connectivity index (χ3v) is 5.08. The van der Waals surface area contributed by atoms with Crippen molar-refractivity contribution < 1.29 is 23.9 Å². The highest BCUT2D eigenvalue weighted by atomic mass is 32.1. The van der Waals surface area contributed by atoms with Gasteiger partial charge >= 0.3 is 5.97 Å². The van der Waals surface area contributed by atoms with Crippen molar-refractivity contribution in [1.82, 2.24) is 9.80 Å². The van der Waals surface area contributed by atoms with E-state index in [1.54, 1.807) is 15.9 Å². The predicted octanol–water partition coefficient (Wildman–Crippen LogP) is 0.755. The maximum atomic E-state index is 12.4. The Balaban J connectivity index is 1.53. The van der Waals surface area contributed by atoms with Crippen molar-refractivity contribution in [3.8, 4) is 0 Å². The maximum Gasteiger partial charge on any atom is 0.329 e. The average Bonchev–Trinajstić information content (AvgIpc) is 3.31. The fraction of sp³-hybridized carbons (Fsp3) is 0.562. The van der Waals surface area contributed by atoms with Crippen molar-refractivity contribution in [3.05, 3.63) is 22.4 Å². The Kier molecular flexibility index (Phi) is 5.47. The molecule has 0 bridgehead atoms. The number of nitrogens with zero attached hydrogens (tertiary/aromatic N) is 2. The molecule has 1 atom stereocenters. The third-order valence-electron chi connectivity index (χ3n) is 4.22. The summed E-state index contributed by atoms with van der Waals surface area (Å²) >= 11 is 1.35. The summed E-state index contributed by atoms with van der Waals surface area (Å²) in [6.07, 6.45) is 1.33. The Morgan fingerprint density at radius 2 is 2.04 bits per heavy atom. The van der Waals surface area contributed by atoms with Gasteiger partial charge in [-0.05, 0) is 24.3 Å². The van der Waals surface area contributed by atoms with Crippen molar-refractivity contribution >= 4 is 29.1 Å². The van der Waals surface area contributed by atoms with E-state index >= 15 is 0 Å². The fourth-order valence-electron chi connectivity index (χ4n) is 2.93. The highest BCUT2D eigenvalue weighted by Crippen LogP contribution is 2.23. The van der Waals surface area contributed by atoms with Crippen LogP contribution in [0.25, 0.3) is 0 Å². The van der Waals surface area contributed by atoms with Crippen LogP contribution in [0.3, 0.4) is 0 Å². The Morgan fingerprint density at radius 3 is 2.75 bits per heavy atom. The number of rotatable bonds is 4. The highest BCUT2D eigenvalue weighted by molar-refractivity contribution is 7.12. The van der Waals surface area contributed by atoms with Crippen LogP contribution in [0.1, 0.15) is 22.5 Å². The van der Waals surface area contributed by atoms with Gasteiger partial charge in [-0.1, -0.05) is 6.07 Å². The first-order valence-corrected chi connectivity index (χ1v) is 8.91. The van der Waals surface area contributed by atoms with Gasteiger partial charge in [-0.3, -0.25) is 9.59 Å². The van der Waals surface area contributed by atoms with Crippen molar-refractivity contribution in [2.75, 3.05) is 39.5 Å². The van der Waals surface area contributed by atoms with E-state index in [4.69, 9.17) is 9.47 Å². The molecular formula is C16H20N2O5S. The van der Waals surface area contributed by atoms with Crippen molar-refractivity contribution in [1.29, 1.82) is 0 Å². The fourth-order valence-corrected chi connectivity index (χ4v) is 3.61. The summed E-state index contributed by atoms with van der Waals surface area (Å²) in [5.74, 6) is -0.872. The van der Waals surface area contributed by atoms with Crippen LogP contribution in [0.2, 0.25) is 0 Å². The normalized spacial score (nSPS) is 20.9. The smallest absolute Gasteiger partial charge is 0.329 e. The van der Waals surface area contributed by atoms with Gasteiger partial charge in [0.25, 0.3) is 11.8 Å². The molecule has 0 N–H and O–H groups in total. The Bertz CT molecular complexity index is 598. The first-order chi connectivity index (χ1) is 11.7. The predicted molar refractivity (Wildman–Crippen MR) is 86.7 cm³/mol. The zero-order chi connectivity index (χ0) is 16.9. The van der Waals surface area contributed by atoms with E-state index in [2.05, 4.69) is 0 Å². The Labute approximate surface area is 144 Å². The molecule has 2 aliphatic rings. The van der Waals surface area contributed by atoms with Crippen LogP contribution in [0, 0.1) is 0 Å². The summed E-state index contributed by atoms with van der Waals surface area (Å²) in [5.41, 5.74) is 0. The number of hydrogen-bond donors (Lipinski definition) is 0. The molecule has 8 heteroatoms. The largest absolute Gasteiger partial charge is 0.454 e. The van der Waals surface area contributed by atoms with Crippen molar-refractivity contribution in [2.45, 2.75) is 18.9 Å². The van der Waals surface area contributed by atoms with Crippen molar-refractivity contribution in [3.63, 3.8) is 0 Å². The van der Waals surface area contributed by atoms with E-state index in [1.165, 1.54) is 11.3 Å². The number of carbonyl (C=O) groups excluding carboxylic acids is 3. The molecule has 0 radical (unpaired) electrons. The van der Waals surface area contributed by atoms with Gasteiger partial charge in [0.2, 0.25) is 0 Å². The Hall–Kier alpha value is -1.93. The molecule has 130 valence electrons. The molecule has 0 aromatic carbocycles. The zero-order valence-corrected chi connectivity index (χ0v) is 14.1. The molecule has 2 amide bonds. The van der Waals surface area contributed by atoms with E-state index in [0.717, 1.165) is 6.42 Å².